The first-order chi connectivity index (χ1) is 9.63. The van der Waals surface area contributed by atoms with Crippen molar-refractivity contribution in [2.24, 2.45) is 11.8 Å². The van der Waals surface area contributed by atoms with Crippen LogP contribution < -0.4 is 0 Å². The maximum atomic E-state index is 12.5. The summed E-state index contributed by atoms with van der Waals surface area (Å²) in [5, 5.41) is 5.92. The second-order valence-corrected chi connectivity index (χ2v) is 6.66. The van der Waals surface area contributed by atoms with Crippen LogP contribution in [0.25, 0.3) is 10.6 Å². The fraction of sp³-hybridized carbons (Fsp3) is 0.467. The number of carbonyl (C=O) groups is 1. The van der Waals surface area contributed by atoms with Crippen LogP contribution >= 0.6 is 11.3 Å². The standard InChI is InChI=1S/C15H18N2O2S/c1-10-6-11(2)9-17(8-10)15(18)12-7-13(19-16-12)14-4-3-5-20-14/h3-5,7,10-11H,6,8-9H2,1-2H3. The second kappa shape index (κ2) is 5.40. The number of piperidine rings is 1. The number of aromatic nitrogens is 1. The molecule has 0 aliphatic carbocycles. The van der Waals surface area contributed by atoms with Crippen LogP contribution in [0.5, 0.6) is 0 Å². The Balaban J connectivity index is 1.77. The Hall–Kier alpha value is -1.62. The van der Waals surface area contributed by atoms with Gasteiger partial charge in [0.15, 0.2) is 11.5 Å². The molecule has 2 unspecified atom stereocenters. The highest BCUT2D eigenvalue weighted by molar-refractivity contribution is 7.13. The van der Waals surface area contributed by atoms with Gasteiger partial charge in [-0.05, 0) is 29.7 Å². The minimum Gasteiger partial charge on any atom is -0.355 e. The van der Waals surface area contributed by atoms with Gasteiger partial charge in [0.2, 0.25) is 0 Å². The maximum absolute atomic E-state index is 12.5. The Morgan fingerprint density at radius 2 is 2.15 bits per heavy atom. The minimum atomic E-state index is -0.0186. The van der Waals surface area contributed by atoms with E-state index in [9.17, 15) is 4.79 Å². The van der Waals surface area contributed by atoms with Gasteiger partial charge in [0.05, 0.1) is 4.88 Å². The first-order valence-corrected chi connectivity index (χ1v) is 7.81. The van der Waals surface area contributed by atoms with E-state index in [2.05, 4.69) is 19.0 Å². The predicted octanol–water partition coefficient (Wildman–Crippen LogP) is 3.52. The summed E-state index contributed by atoms with van der Waals surface area (Å²) >= 11 is 1.58. The molecule has 1 aliphatic heterocycles. The lowest BCUT2D eigenvalue weighted by Crippen LogP contribution is -2.42. The monoisotopic (exact) mass is 290 g/mol. The van der Waals surface area contributed by atoms with Crippen LogP contribution in [-0.4, -0.2) is 29.1 Å². The van der Waals surface area contributed by atoms with Crippen LogP contribution in [0.1, 0.15) is 30.8 Å². The number of nitrogens with zero attached hydrogens (tertiary/aromatic N) is 2. The molecule has 0 N–H and O–H groups in total. The highest BCUT2D eigenvalue weighted by Gasteiger charge is 2.28. The molecule has 0 saturated carbocycles. The number of carbonyl (C=O) groups excluding carboxylic acids is 1. The van der Waals surface area contributed by atoms with Crippen molar-refractivity contribution in [2.75, 3.05) is 13.1 Å². The third-order valence-electron chi connectivity index (χ3n) is 3.65. The summed E-state index contributed by atoms with van der Waals surface area (Å²) in [7, 11) is 0. The zero-order valence-corrected chi connectivity index (χ0v) is 12.5. The van der Waals surface area contributed by atoms with E-state index in [4.69, 9.17) is 4.52 Å². The van der Waals surface area contributed by atoms with Gasteiger partial charge < -0.3 is 9.42 Å². The summed E-state index contributed by atoms with van der Waals surface area (Å²) in [6, 6.07) is 5.67. The third kappa shape index (κ3) is 2.63. The Bertz CT molecular complexity index is 581. The van der Waals surface area contributed by atoms with Crippen LogP contribution in [0.2, 0.25) is 0 Å². The van der Waals surface area contributed by atoms with Crippen molar-refractivity contribution in [1.82, 2.24) is 10.1 Å². The van der Waals surface area contributed by atoms with Crippen molar-refractivity contribution in [1.29, 1.82) is 0 Å². The van der Waals surface area contributed by atoms with Crippen LogP contribution in [0, 0.1) is 11.8 Å². The molecular formula is C15H18N2O2S. The highest BCUT2D eigenvalue weighted by Crippen LogP contribution is 2.27. The normalized spacial score (nSPS) is 23.0. The Labute approximate surface area is 122 Å². The van der Waals surface area contributed by atoms with Crippen molar-refractivity contribution in [2.45, 2.75) is 20.3 Å². The zero-order valence-electron chi connectivity index (χ0n) is 11.7. The van der Waals surface area contributed by atoms with Gasteiger partial charge in [0.1, 0.15) is 0 Å². The SMILES string of the molecule is CC1CC(C)CN(C(=O)c2cc(-c3cccs3)on2)C1. The number of hydrogen-bond donors (Lipinski definition) is 0. The van der Waals surface area contributed by atoms with Crippen LogP contribution in [-0.2, 0) is 0 Å². The van der Waals surface area contributed by atoms with E-state index in [1.807, 2.05) is 22.4 Å². The average molecular weight is 290 g/mol. The summed E-state index contributed by atoms with van der Waals surface area (Å²) in [5.74, 6) is 1.74. The van der Waals surface area contributed by atoms with Gasteiger partial charge >= 0.3 is 0 Å². The van der Waals surface area contributed by atoms with E-state index in [0.29, 0.717) is 23.3 Å². The first-order valence-electron chi connectivity index (χ1n) is 6.93. The van der Waals surface area contributed by atoms with Crippen molar-refractivity contribution in [3.63, 3.8) is 0 Å². The fourth-order valence-corrected chi connectivity index (χ4v) is 3.57. The summed E-state index contributed by atoms with van der Waals surface area (Å²) < 4.78 is 5.29. The zero-order chi connectivity index (χ0) is 14.1. The first kappa shape index (κ1) is 13.4. The van der Waals surface area contributed by atoms with E-state index >= 15 is 0 Å². The topological polar surface area (TPSA) is 46.3 Å². The molecule has 4 nitrogen and oxygen atoms in total. The lowest BCUT2D eigenvalue weighted by molar-refractivity contribution is 0.0613. The molecule has 3 heterocycles. The molecular weight excluding hydrogens is 272 g/mol. The van der Waals surface area contributed by atoms with Crippen LogP contribution in [0.3, 0.4) is 0 Å². The Kier molecular flexibility index (Phi) is 3.61. The van der Waals surface area contributed by atoms with E-state index in [-0.39, 0.29) is 5.91 Å². The molecule has 1 amide bonds. The number of thiophene rings is 1. The van der Waals surface area contributed by atoms with E-state index < -0.39 is 0 Å². The number of amides is 1. The lowest BCUT2D eigenvalue weighted by Gasteiger charge is -2.34. The molecule has 2 atom stereocenters. The number of rotatable bonds is 2. The molecule has 1 aliphatic rings. The van der Waals surface area contributed by atoms with Crippen molar-refractivity contribution in [3.05, 3.63) is 29.3 Å². The lowest BCUT2D eigenvalue weighted by atomic mass is 9.92. The molecule has 0 spiro atoms. The molecule has 5 heteroatoms. The van der Waals surface area contributed by atoms with Gasteiger partial charge in [0.25, 0.3) is 5.91 Å². The van der Waals surface area contributed by atoms with Gasteiger partial charge in [-0.15, -0.1) is 11.3 Å². The van der Waals surface area contributed by atoms with Gasteiger partial charge in [-0.3, -0.25) is 4.79 Å². The summed E-state index contributed by atoms with van der Waals surface area (Å²) in [6.45, 7) is 6.00. The van der Waals surface area contributed by atoms with Gasteiger partial charge in [-0.25, -0.2) is 0 Å². The summed E-state index contributed by atoms with van der Waals surface area (Å²) in [5.41, 5.74) is 0.412. The second-order valence-electron chi connectivity index (χ2n) is 5.71. The fourth-order valence-electron chi connectivity index (χ4n) is 2.90. The van der Waals surface area contributed by atoms with Crippen LogP contribution in [0.15, 0.2) is 28.1 Å². The molecule has 20 heavy (non-hydrogen) atoms. The molecule has 1 fully saturated rings. The molecule has 0 radical (unpaired) electrons. The van der Waals surface area contributed by atoms with Gasteiger partial charge in [0, 0.05) is 19.2 Å². The quantitative estimate of drug-likeness (QED) is 0.850. The molecule has 1 saturated heterocycles. The highest BCUT2D eigenvalue weighted by atomic mass is 32.1. The Morgan fingerprint density at radius 1 is 1.40 bits per heavy atom. The maximum Gasteiger partial charge on any atom is 0.276 e. The Morgan fingerprint density at radius 3 is 2.80 bits per heavy atom. The molecule has 0 aromatic carbocycles. The minimum absolute atomic E-state index is 0.0186. The number of hydrogen-bond acceptors (Lipinski definition) is 4. The largest absolute Gasteiger partial charge is 0.355 e. The van der Waals surface area contributed by atoms with E-state index in [0.717, 1.165) is 18.0 Å². The van der Waals surface area contributed by atoms with Crippen LogP contribution in [0.4, 0.5) is 0 Å². The molecule has 2 aromatic heterocycles. The van der Waals surface area contributed by atoms with Crippen molar-refractivity contribution < 1.29 is 9.32 Å². The molecule has 0 bridgehead atoms. The smallest absolute Gasteiger partial charge is 0.276 e. The predicted molar refractivity (Wildman–Crippen MR) is 78.7 cm³/mol. The van der Waals surface area contributed by atoms with Crippen molar-refractivity contribution >= 4 is 17.2 Å². The summed E-state index contributed by atoms with van der Waals surface area (Å²) in [4.78, 5) is 15.4. The summed E-state index contributed by atoms with van der Waals surface area (Å²) in [6.07, 6.45) is 1.18. The number of likely N-dealkylation sites (tertiary alicyclic amines) is 1. The van der Waals surface area contributed by atoms with E-state index in [1.165, 1.54) is 6.42 Å². The average Bonchev–Trinajstić information content (AvgIpc) is 3.07. The molecule has 3 rings (SSSR count). The van der Waals surface area contributed by atoms with Gasteiger partial charge in [-0.1, -0.05) is 25.1 Å². The van der Waals surface area contributed by atoms with Crippen molar-refractivity contribution in [3.8, 4) is 10.6 Å². The molecule has 106 valence electrons. The van der Waals surface area contributed by atoms with Gasteiger partial charge in [-0.2, -0.15) is 0 Å². The molecule has 2 aromatic rings. The third-order valence-corrected chi connectivity index (χ3v) is 4.53. The van der Waals surface area contributed by atoms with E-state index in [1.54, 1.807) is 17.4 Å².